The topological polar surface area (TPSA) is 32.3 Å². The molecular formula is C10H18N2O. The molecule has 0 heterocycles. The summed E-state index contributed by atoms with van der Waals surface area (Å²) in [7, 11) is 3.51. The summed E-state index contributed by atoms with van der Waals surface area (Å²) in [5, 5.41) is 2.87. The zero-order valence-corrected chi connectivity index (χ0v) is 8.47. The second-order valence-corrected chi connectivity index (χ2v) is 3.66. The zero-order valence-electron chi connectivity index (χ0n) is 8.47. The predicted octanol–water partition coefficient (Wildman–Crippen LogP) is 1.76. The van der Waals surface area contributed by atoms with Crippen molar-refractivity contribution in [3.8, 4) is 0 Å². The Morgan fingerprint density at radius 3 is 2.85 bits per heavy atom. The van der Waals surface area contributed by atoms with Crippen LogP contribution in [-0.2, 0) is 0 Å². The molecule has 0 unspecified atom stereocenters. The number of carbonyl (C=O) groups is 1. The third kappa shape index (κ3) is 3.49. The summed E-state index contributed by atoms with van der Waals surface area (Å²) >= 11 is 0. The van der Waals surface area contributed by atoms with Crippen LogP contribution < -0.4 is 5.32 Å². The van der Waals surface area contributed by atoms with E-state index in [-0.39, 0.29) is 6.03 Å². The van der Waals surface area contributed by atoms with Gasteiger partial charge in [-0.2, -0.15) is 0 Å². The van der Waals surface area contributed by atoms with Crippen LogP contribution in [0.4, 0.5) is 4.79 Å². The molecule has 0 atom stereocenters. The number of hydrogen-bond donors (Lipinski definition) is 1. The summed E-state index contributed by atoms with van der Waals surface area (Å²) in [5.41, 5.74) is 1.38. The van der Waals surface area contributed by atoms with Crippen molar-refractivity contribution in [2.45, 2.75) is 25.7 Å². The largest absolute Gasteiger partial charge is 0.334 e. The number of rotatable bonds is 2. The van der Waals surface area contributed by atoms with Crippen molar-refractivity contribution in [1.29, 1.82) is 0 Å². The van der Waals surface area contributed by atoms with Crippen LogP contribution in [0.1, 0.15) is 25.7 Å². The van der Waals surface area contributed by atoms with E-state index in [1.807, 2.05) is 0 Å². The molecule has 0 aromatic heterocycles. The highest BCUT2D eigenvalue weighted by Crippen LogP contribution is 2.16. The molecule has 1 N–H and O–H groups in total. The van der Waals surface area contributed by atoms with E-state index in [9.17, 15) is 4.79 Å². The molecule has 0 aromatic carbocycles. The smallest absolute Gasteiger partial charge is 0.317 e. The molecule has 2 amide bonds. The van der Waals surface area contributed by atoms with Crippen LogP contribution in [0.2, 0.25) is 0 Å². The maximum atomic E-state index is 11.2. The lowest BCUT2D eigenvalue weighted by Gasteiger charge is -2.16. The average molecular weight is 182 g/mol. The molecule has 0 saturated heterocycles. The molecule has 74 valence electrons. The molecule has 0 aromatic rings. The molecule has 1 rings (SSSR count). The lowest BCUT2D eigenvalue weighted by atomic mass is 10.00. The number of nitrogens with one attached hydrogen (secondary N) is 1. The Balaban J connectivity index is 2.25. The maximum absolute atomic E-state index is 11.2. The highest BCUT2D eigenvalue weighted by atomic mass is 16.2. The summed E-state index contributed by atoms with van der Waals surface area (Å²) in [6.07, 6.45) is 7.13. The van der Waals surface area contributed by atoms with E-state index in [2.05, 4.69) is 11.4 Å². The number of allylic oxidation sites excluding steroid dienone is 1. The Labute approximate surface area is 79.8 Å². The van der Waals surface area contributed by atoms with Crippen molar-refractivity contribution in [3.63, 3.8) is 0 Å². The van der Waals surface area contributed by atoms with E-state index in [1.165, 1.54) is 24.8 Å². The van der Waals surface area contributed by atoms with Crippen LogP contribution in [-0.4, -0.2) is 31.6 Å². The number of urea groups is 1. The van der Waals surface area contributed by atoms with Crippen LogP contribution in [0.3, 0.4) is 0 Å². The Hall–Kier alpha value is -0.990. The van der Waals surface area contributed by atoms with Crippen LogP contribution in [0.5, 0.6) is 0 Å². The number of carbonyl (C=O) groups excluding carboxylic acids is 1. The highest BCUT2D eigenvalue weighted by Gasteiger charge is 2.06. The Kier molecular flexibility index (Phi) is 3.80. The molecule has 1 aliphatic carbocycles. The first-order valence-corrected chi connectivity index (χ1v) is 4.83. The molecule has 0 radical (unpaired) electrons. The molecule has 0 bridgehead atoms. The summed E-state index contributed by atoms with van der Waals surface area (Å²) in [6.45, 7) is 0.719. The zero-order chi connectivity index (χ0) is 9.68. The number of amides is 2. The van der Waals surface area contributed by atoms with E-state index in [4.69, 9.17) is 0 Å². The van der Waals surface area contributed by atoms with Gasteiger partial charge < -0.3 is 10.2 Å². The van der Waals surface area contributed by atoms with Gasteiger partial charge in [-0.1, -0.05) is 11.6 Å². The lowest BCUT2D eigenvalue weighted by molar-refractivity contribution is 0.218. The Bertz CT molecular complexity index is 209. The van der Waals surface area contributed by atoms with E-state index in [1.54, 1.807) is 19.0 Å². The van der Waals surface area contributed by atoms with Crippen LogP contribution in [0.15, 0.2) is 11.6 Å². The van der Waals surface area contributed by atoms with E-state index in [0.29, 0.717) is 0 Å². The van der Waals surface area contributed by atoms with Crippen molar-refractivity contribution in [2.24, 2.45) is 0 Å². The molecule has 0 saturated carbocycles. The Morgan fingerprint density at radius 1 is 1.54 bits per heavy atom. The van der Waals surface area contributed by atoms with Crippen molar-refractivity contribution in [1.82, 2.24) is 10.2 Å². The Morgan fingerprint density at radius 2 is 2.31 bits per heavy atom. The van der Waals surface area contributed by atoms with Gasteiger partial charge in [-0.15, -0.1) is 0 Å². The van der Waals surface area contributed by atoms with Crippen LogP contribution in [0, 0.1) is 0 Å². The van der Waals surface area contributed by atoms with Crippen molar-refractivity contribution in [3.05, 3.63) is 11.6 Å². The summed E-state index contributed by atoms with van der Waals surface area (Å²) in [5.74, 6) is 0. The van der Waals surface area contributed by atoms with E-state index in [0.717, 1.165) is 13.0 Å². The third-order valence-corrected chi connectivity index (χ3v) is 2.26. The fraction of sp³-hybridized carbons (Fsp3) is 0.700. The van der Waals surface area contributed by atoms with Gasteiger partial charge in [0.1, 0.15) is 0 Å². The van der Waals surface area contributed by atoms with Crippen LogP contribution >= 0.6 is 0 Å². The first kappa shape index (κ1) is 10.1. The van der Waals surface area contributed by atoms with Gasteiger partial charge in [0.05, 0.1) is 0 Å². The first-order chi connectivity index (χ1) is 6.20. The summed E-state index contributed by atoms with van der Waals surface area (Å²) in [6, 6.07) is -0.00789. The molecule has 0 fully saturated rings. The molecule has 0 spiro atoms. The van der Waals surface area contributed by atoms with Gasteiger partial charge >= 0.3 is 6.03 Å². The second kappa shape index (κ2) is 4.90. The molecule has 3 nitrogen and oxygen atoms in total. The third-order valence-electron chi connectivity index (χ3n) is 2.26. The average Bonchev–Trinajstić information content (AvgIpc) is 2.15. The van der Waals surface area contributed by atoms with Gasteiger partial charge in [-0.3, -0.25) is 0 Å². The number of nitrogens with zero attached hydrogens (tertiary/aromatic N) is 1. The molecule has 0 aliphatic heterocycles. The van der Waals surface area contributed by atoms with Gasteiger partial charge in [0.25, 0.3) is 0 Å². The van der Waals surface area contributed by atoms with Gasteiger partial charge in [-0.05, 0) is 25.7 Å². The van der Waals surface area contributed by atoms with E-state index < -0.39 is 0 Å². The van der Waals surface area contributed by atoms with Gasteiger partial charge in [-0.25, -0.2) is 4.79 Å². The van der Waals surface area contributed by atoms with Crippen molar-refractivity contribution in [2.75, 3.05) is 20.6 Å². The maximum Gasteiger partial charge on any atom is 0.317 e. The SMILES string of the molecule is CN(C)C(=O)NCC1=CCCCC1. The van der Waals surface area contributed by atoms with Crippen molar-refractivity contribution >= 4 is 6.03 Å². The summed E-state index contributed by atoms with van der Waals surface area (Å²) in [4.78, 5) is 12.7. The first-order valence-electron chi connectivity index (χ1n) is 4.83. The van der Waals surface area contributed by atoms with Crippen LogP contribution in [0.25, 0.3) is 0 Å². The molecular weight excluding hydrogens is 164 g/mol. The number of hydrogen-bond acceptors (Lipinski definition) is 1. The minimum Gasteiger partial charge on any atom is -0.334 e. The van der Waals surface area contributed by atoms with E-state index >= 15 is 0 Å². The standard InChI is InChI=1S/C10H18N2O/c1-12(2)10(13)11-8-9-6-4-3-5-7-9/h6H,3-5,7-8H2,1-2H3,(H,11,13). The molecule has 3 heteroatoms. The fourth-order valence-electron chi connectivity index (χ4n) is 1.41. The minimum absolute atomic E-state index is 0.00789. The molecule has 13 heavy (non-hydrogen) atoms. The van der Waals surface area contributed by atoms with Gasteiger partial charge in [0.2, 0.25) is 0 Å². The quantitative estimate of drug-likeness (QED) is 0.648. The fourth-order valence-corrected chi connectivity index (χ4v) is 1.41. The normalized spacial score (nSPS) is 16.3. The molecule has 1 aliphatic rings. The van der Waals surface area contributed by atoms with Crippen molar-refractivity contribution < 1.29 is 4.79 Å². The monoisotopic (exact) mass is 182 g/mol. The minimum atomic E-state index is -0.00789. The summed E-state index contributed by atoms with van der Waals surface area (Å²) < 4.78 is 0. The second-order valence-electron chi connectivity index (χ2n) is 3.66. The predicted molar refractivity (Wildman–Crippen MR) is 53.6 cm³/mol. The van der Waals surface area contributed by atoms with Gasteiger partial charge in [0, 0.05) is 20.6 Å². The lowest BCUT2D eigenvalue weighted by Crippen LogP contribution is -2.35. The van der Waals surface area contributed by atoms with Gasteiger partial charge in [0.15, 0.2) is 0 Å². The highest BCUT2D eigenvalue weighted by molar-refractivity contribution is 5.73.